The summed E-state index contributed by atoms with van der Waals surface area (Å²) in [5.74, 6) is -0.391. The summed E-state index contributed by atoms with van der Waals surface area (Å²) in [6, 6.07) is 0. The standard InChI is InChI=1S/C31H56O6/c1-4-5-6-13-16-20-31(35-22-23-36-31)21-19-27-26(28(32)24-29(27)33)17-14-11-9-7-8-10-12-15-18-30(34)37-25(2)3/h11,14,25-29,32-33H,4-10,12-13,15-24H2,1-3H3/b14-11-/t26?,27-,28?,29?/m1/s1. The van der Waals surface area contributed by atoms with Gasteiger partial charge in [0, 0.05) is 19.3 Å². The highest BCUT2D eigenvalue weighted by Crippen LogP contribution is 2.41. The summed E-state index contributed by atoms with van der Waals surface area (Å²) >= 11 is 0. The molecule has 2 rings (SSSR count). The van der Waals surface area contributed by atoms with Crippen molar-refractivity contribution in [2.24, 2.45) is 11.8 Å². The van der Waals surface area contributed by atoms with Gasteiger partial charge in [-0.3, -0.25) is 4.79 Å². The van der Waals surface area contributed by atoms with Gasteiger partial charge >= 0.3 is 5.97 Å². The maximum absolute atomic E-state index is 11.6. The van der Waals surface area contributed by atoms with Crippen LogP contribution in [0.5, 0.6) is 0 Å². The second-order valence-electron chi connectivity index (χ2n) is 11.6. The summed E-state index contributed by atoms with van der Waals surface area (Å²) in [5, 5.41) is 21.3. The van der Waals surface area contributed by atoms with Crippen LogP contribution in [0.1, 0.15) is 130 Å². The number of rotatable bonds is 20. The molecule has 0 aromatic heterocycles. The van der Waals surface area contributed by atoms with Crippen molar-refractivity contribution in [3.8, 4) is 0 Å². The molecule has 6 nitrogen and oxygen atoms in total. The Bertz CT molecular complexity index is 627. The van der Waals surface area contributed by atoms with Crippen molar-refractivity contribution in [1.29, 1.82) is 0 Å². The highest BCUT2D eigenvalue weighted by atomic mass is 16.7. The number of aliphatic hydroxyl groups is 2. The topological polar surface area (TPSA) is 85.2 Å². The Labute approximate surface area is 226 Å². The Morgan fingerprint density at radius 3 is 2.27 bits per heavy atom. The Kier molecular flexibility index (Phi) is 16.0. The predicted molar refractivity (Wildman–Crippen MR) is 148 cm³/mol. The monoisotopic (exact) mass is 524 g/mol. The minimum absolute atomic E-state index is 0.0275. The van der Waals surface area contributed by atoms with E-state index in [0.29, 0.717) is 26.1 Å². The SMILES string of the molecule is CCCCCCCC1(CC[C@H]2C(O)CC(O)C2C/C=C\CCCCCCCC(=O)OC(C)C)OCCO1. The fourth-order valence-electron chi connectivity index (χ4n) is 5.96. The summed E-state index contributed by atoms with van der Waals surface area (Å²) in [6.45, 7) is 7.31. The number of carbonyl (C=O) groups is 1. The van der Waals surface area contributed by atoms with Gasteiger partial charge in [-0.25, -0.2) is 0 Å². The number of allylic oxidation sites excluding steroid dienone is 2. The molecule has 2 N–H and O–H groups in total. The first kappa shape index (κ1) is 32.3. The van der Waals surface area contributed by atoms with Gasteiger partial charge in [0.25, 0.3) is 0 Å². The predicted octanol–water partition coefficient (Wildman–Crippen LogP) is 6.86. The molecular weight excluding hydrogens is 468 g/mol. The molecule has 1 saturated heterocycles. The first-order chi connectivity index (χ1) is 17.9. The number of esters is 1. The molecule has 37 heavy (non-hydrogen) atoms. The van der Waals surface area contributed by atoms with E-state index in [2.05, 4.69) is 19.1 Å². The number of hydrogen-bond donors (Lipinski definition) is 2. The molecule has 6 heteroatoms. The molecule has 0 bridgehead atoms. The molecule has 1 aliphatic carbocycles. The smallest absolute Gasteiger partial charge is 0.306 e. The van der Waals surface area contributed by atoms with Crippen molar-refractivity contribution >= 4 is 5.97 Å². The van der Waals surface area contributed by atoms with Gasteiger partial charge in [0.1, 0.15) is 0 Å². The molecule has 1 saturated carbocycles. The van der Waals surface area contributed by atoms with E-state index in [1.54, 1.807) is 0 Å². The number of aliphatic hydroxyl groups excluding tert-OH is 2. The molecule has 0 aromatic rings. The van der Waals surface area contributed by atoms with Crippen LogP contribution in [0.3, 0.4) is 0 Å². The molecule has 2 fully saturated rings. The van der Waals surface area contributed by atoms with Crippen molar-refractivity contribution < 1.29 is 29.2 Å². The van der Waals surface area contributed by atoms with Gasteiger partial charge in [0.2, 0.25) is 0 Å². The van der Waals surface area contributed by atoms with Crippen molar-refractivity contribution in [2.75, 3.05) is 13.2 Å². The van der Waals surface area contributed by atoms with E-state index < -0.39 is 18.0 Å². The molecule has 0 aromatic carbocycles. The number of carbonyl (C=O) groups excluding carboxylic acids is 1. The van der Waals surface area contributed by atoms with Gasteiger partial charge in [-0.2, -0.15) is 0 Å². The molecule has 0 radical (unpaired) electrons. The zero-order valence-electron chi connectivity index (χ0n) is 24.0. The maximum Gasteiger partial charge on any atom is 0.306 e. The summed E-state index contributed by atoms with van der Waals surface area (Å²) < 4.78 is 17.3. The van der Waals surface area contributed by atoms with Gasteiger partial charge in [-0.1, -0.05) is 64.0 Å². The van der Waals surface area contributed by atoms with Crippen LogP contribution in [0.25, 0.3) is 0 Å². The normalized spacial score (nSPS) is 25.5. The van der Waals surface area contributed by atoms with Gasteiger partial charge in [0.05, 0.1) is 31.5 Å². The largest absolute Gasteiger partial charge is 0.463 e. The molecule has 2 aliphatic rings. The van der Waals surface area contributed by atoms with E-state index in [4.69, 9.17) is 14.2 Å². The van der Waals surface area contributed by atoms with Crippen LogP contribution in [0.2, 0.25) is 0 Å². The molecule has 1 aliphatic heterocycles. The van der Waals surface area contributed by atoms with Crippen LogP contribution >= 0.6 is 0 Å². The molecule has 0 amide bonds. The van der Waals surface area contributed by atoms with Crippen molar-refractivity contribution in [3.05, 3.63) is 12.2 Å². The van der Waals surface area contributed by atoms with E-state index >= 15 is 0 Å². The first-order valence-corrected chi connectivity index (χ1v) is 15.4. The number of ether oxygens (including phenoxy) is 3. The van der Waals surface area contributed by atoms with Crippen molar-refractivity contribution in [1.82, 2.24) is 0 Å². The van der Waals surface area contributed by atoms with Crippen LogP contribution in [0, 0.1) is 11.8 Å². The maximum atomic E-state index is 11.6. The van der Waals surface area contributed by atoms with Crippen LogP contribution in [-0.2, 0) is 19.0 Å². The summed E-state index contributed by atoms with van der Waals surface area (Å²) in [4.78, 5) is 11.6. The van der Waals surface area contributed by atoms with Gasteiger partial charge in [0.15, 0.2) is 5.79 Å². The lowest BCUT2D eigenvalue weighted by Gasteiger charge is -2.31. The molecule has 3 unspecified atom stereocenters. The minimum atomic E-state index is -0.491. The lowest BCUT2D eigenvalue weighted by atomic mass is 9.85. The Morgan fingerprint density at radius 2 is 1.54 bits per heavy atom. The minimum Gasteiger partial charge on any atom is -0.463 e. The second kappa shape index (κ2) is 18.4. The Hall–Kier alpha value is -0.950. The summed E-state index contributed by atoms with van der Waals surface area (Å²) in [6.07, 6.45) is 20.5. The van der Waals surface area contributed by atoms with Gasteiger partial charge in [-0.15, -0.1) is 0 Å². The van der Waals surface area contributed by atoms with Gasteiger partial charge < -0.3 is 24.4 Å². The van der Waals surface area contributed by atoms with E-state index in [1.165, 1.54) is 25.7 Å². The van der Waals surface area contributed by atoms with Crippen molar-refractivity contribution in [2.45, 2.75) is 154 Å². The van der Waals surface area contributed by atoms with Crippen LogP contribution in [0.15, 0.2) is 12.2 Å². The van der Waals surface area contributed by atoms with Crippen molar-refractivity contribution in [3.63, 3.8) is 0 Å². The first-order valence-electron chi connectivity index (χ1n) is 15.4. The molecule has 1 heterocycles. The lowest BCUT2D eigenvalue weighted by molar-refractivity contribution is -0.171. The number of hydrogen-bond acceptors (Lipinski definition) is 6. The fraction of sp³-hybridized carbons (Fsp3) is 0.903. The summed E-state index contributed by atoms with van der Waals surface area (Å²) in [7, 11) is 0. The third-order valence-corrected chi connectivity index (χ3v) is 8.05. The highest BCUT2D eigenvalue weighted by Gasteiger charge is 2.43. The average Bonchev–Trinajstić information content (AvgIpc) is 3.42. The fourth-order valence-corrected chi connectivity index (χ4v) is 5.96. The van der Waals surface area contributed by atoms with E-state index in [0.717, 1.165) is 70.6 Å². The van der Waals surface area contributed by atoms with E-state index in [9.17, 15) is 15.0 Å². The zero-order valence-corrected chi connectivity index (χ0v) is 24.0. The Morgan fingerprint density at radius 1 is 0.892 bits per heavy atom. The third kappa shape index (κ3) is 12.6. The van der Waals surface area contributed by atoms with Gasteiger partial charge in [-0.05, 0) is 70.6 Å². The molecule has 4 atom stereocenters. The lowest BCUT2D eigenvalue weighted by Crippen LogP contribution is -2.33. The zero-order chi connectivity index (χ0) is 26.9. The highest BCUT2D eigenvalue weighted by molar-refractivity contribution is 5.69. The molecule has 216 valence electrons. The van der Waals surface area contributed by atoms with Crippen LogP contribution in [0.4, 0.5) is 0 Å². The Balaban J connectivity index is 1.65. The van der Waals surface area contributed by atoms with Crippen LogP contribution in [-0.4, -0.2) is 53.5 Å². The average molecular weight is 525 g/mol. The summed E-state index contributed by atoms with van der Waals surface area (Å²) in [5.41, 5.74) is 0. The quantitative estimate of drug-likeness (QED) is 0.103. The van der Waals surface area contributed by atoms with Crippen LogP contribution < -0.4 is 0 Å². The molecule has 0 spiro atoms. The third-order valence-electron chi connectivity index (χ3n) is 8.05. The van der Waals surface area contributed by atoms with E-state index in [-0.39, 0.29) is 23.9 Å². The van der Waals surface area contributed by atoms with E-state index in [1.807, 2.05) is 13.8 Å². The number of unbranched alkanes of at least 4 members (excludes halogenated alkanes) is 9. The second-order valence-corrected chi connectivity index (χ2v) is 11.6. The molecular formula is C31H56O6.